The van der Waals surface area contributed by atoms with Crippen LogP contribution in [0.25, 0.3) is 0 Å². The first-order chi connectivity index (χ1) is 7.99. The van der Waals surface area contributed by atoms with Gasteiger partial charge in [0.15, 0.2) is 0 Å². The fourth-order valence-corrected chi connectivity index (χ4v) is 2.84. The quantitative estimate of drug-likeness (QED) is 0.759. The summed E-state index contributed by atoms with van der Waals surface area (Å²) in [4.78, 5) is 23.1. The van der Waals surface area contributed by atoms with Crippen LogP contribution in [0.5, 0.6) is 0 Å². The van der Waals surface area contributed by atoms with E-state index in [2.05, 4.69) is 24.5 Å². The number of amides is 2. The molecule has 4 nitrogen and oxygen atoms in total. The maximum Gasteiger partial charge on any atom is 0.225 e. The predicted octanol–water partition coefficient (Wildman–Crippen LogP) is 1.21. The minimum absolute atomic E-state index is 0.0379. The van der Waals surface area contributed by atoms with Crippen molar-refractivity contribution in [3.8, 4) is 0 Å². The fourth-order valence-electron chi connectivity index (χ4n) is 2.84. The van der Waals surface area contributed by atoms with Crippen molar-refractivity contribution in [1.29, 1.82) is 0 Å². The van der Waals surface area contributed by atoms with Crippen LogP contribution in [-0.4, -0.2) is 24.4 Å². The molecule has 2 amide bonds. The van der Waals surface area contributed by atoms with Gasteiger partial charge in [0.05, 0.1) is 5.92 Å². The van der Waals surface area contributed by atoms with Crippen molar-refractivity contribution in [3.05, 3.63) is 0 Å². The van der Waals surface area contributed by atoms with E-state index < -0.39 is 0 Å². The first kappa shape index (κ1) is 12.4. The molecule has 1 aliphatic heterocycles. The zero-order valence-corrected chi connectivity index (χ0v) is 10.7. The predicted molar refractivity (Wildman–Crippen MR) is 65.3 cm³/mol. The van der Waals surface area contributed by atoms with Crippen LogP contribution >= 0.6 is 0 Å². The molecule has 1 saturated heterocycles. The van der Waals surface area contributed by atoms with Crippen LogP contribution in [0.2, 0.25) is 0 Å². The van der Waals surface area contributed by atoms with Crippen LogP contribution in [0.1, 0.15) is 46.0 Å². The summed E-state index contributed by atoms with van der Waals surface area (Å²) in [6.45, 7) is 4.93. The van der Waals surface area contributed by atoms with Crippen molar-refractivity contribution in [2.45, 2.75) is 52.0 Å². The molecule has 2 unspecified atom stereocenters. The SMILES string of the molecule is CC1(C)CCCC1NC(=O)C1CCC(=O)NC1. The number of carbonyl (C=O) groups excluding carboxylic acids is 2. The second-order valence-electron chi connectivity index (χ2n) is 5.98. The molecule has 0 spiro atoms. The average molecular weight is 238 g/mol. The van der Waals surface area contributed by atoms with Gasteiger partial charge in [0.25, 0.3) is 0 Å². The molecule has 17 heavy (non-hydrogen) atoms. The molecule has 2 atom stereocenters. The molecule has 2 N–H and O–H groups in total. The van der Waals surface area contributed by atoms with Crippen molar-refractivity contribution in [3.63, 3.8) is 0 Å². The minimum Gasteiger partial charge on any atom is -0.355 e. The van der Waals surface area contributed by atoms with Crippen LogP contribution in [-0.2, 0) is 9.59 Å². The molecule has 4 heteroatoms. The number of piperidine rings is 1. The maximum atomic E-state index is 12.1. The highest BCUT2D eigenvalue weighted by atomic mass is 16.2. The zero-order chi connectivity index (χ0) is 12.5. The summed E-state index contributed by atoms with van der Waals surface area (Å²) in [5, 5.41) is 5.92. The van der Waals surface area contributed by atoms with E-state index in [-0.39, 0.29) is 23.1 Å². The number of nitrogens with one attached hydrogen (secondary N) is 2. The smallest absolute Gasteiger partial charge is 0.225 e. The van der Waals surface area contributed by atoms with Crippen molar-refractivity contribution in [2.75, 3.05) is 6.54 Å². The van der Waals surface area contributed by atoms with E-state index in [9.17, 15) is 9.59 Å². The lowest BCUT2D eigenvalue weighted by Crippen LogP contribution is -2.48. The molecule has 0 aromatic carbocycles. The molecule has 0 aromatic heterocycles. The maximum absolute atomic E-state index is 12.1. The molecule has 2 fully saturated rings. The lowest BCUT2D eigenvalue weighted by atomic mass is 9.86. The van der Waals surface area contributed by atoms with Gasteiger partial charge in [-0.1, -0.05) is 20.3 Å². The van der Waals surface area contributed by atoms with Crippen LogP contribution in [0, 0.1) is 11.3 Å². The second-order valence-corrected chi connectivity index (χ2v) is 5.98. The van der Waals surface area contributed by atoms with Crippen LogP contribution in [0.15, 0.2) is 0 Å². The lowest BCUT2D eigenvalue weighted by Gasteiger charge is -2.30. The van der Waals surface area contributed by atoms with Crippen molar-refractivity contribution >= 4 is 11.8 Å². The standard InChI is InChI=1S/C13H22N2O2/c1-13(2)7-3-4-10(13)15-12(17)9-5-6-11(16)14-8-9/h9-10H,3-8H2,1-2H3,(H,14,16)(H,15,17). The summed E-state index contributed by atoms with van der Waals surface area (Å²) >= 11 is 0. The first-order valence-electron chi connectivity index (χ1n) is 6.56. The number of rotatable bonds is 2. The van der Waals surface area contributed by atoms with Crippen LogP contribution in [0.4, 0.5) is 0 Å². The summed E-state index contributed by atoms with van der Waals surface area (Å²) < 4.78 is 0. The monoisotopic (exact) mass is 238 g/mol. The Kier molecular flexibility index (Phi) is 3.40. The highest BCUT2D eigenvalue weighted by Gasteiger charge is 2.36. The fraction of sp³-hybridized carbons (Fsp3) is 0.846. The van der Waals surface area contributed by atoms with Gasteiger partial charge < -0.3 is 10.6 Å². The number of hydrogen-bond donors (Lipinski definition) is 2. The van der Waals surface area contributed by atoms with Crippen molar-refractivity contribution in [2.24, 2.45) is 11.3 Å². The van der Waals surface area contributed by atoms with E-state index in [1.165, 1.54) is 12.8 Å². The van der Waals surface area contributed by atoms with Gasteiger partial charge in [0.2, 0.25) is 11.8 Å². The van der Waals surface area contributed by atoms with E-state index in [0.29, 0.717) is 25.4 Å². The second kappa shape index (κ2) is 4.67. The molecule has 1 saturated carbocycles. The van der Waals surface area contributed by atoms with Gasteiger partial charge >= 0.3 is 0 Å². The molecule has 2 rings (SSSR count). The Morgan fingerprint density at radius 3 is 2.71 bits per heavy atom. The van der Waals surface area contributed by atoms with Gasteiger partial charge in [-0.3, -0.25) is 9.59 Å². The Labute approximate surface area is 103 Å². The Hall–Kier alpha value is -1.06. The average Bonchev–Trinajstić information content (AvgIpc) is 2.59. The zero-order valence-electron chi connectivity index (χ0n) is 10.7. The molecule has 0 aromatic rings. The normalized spacial score (nSPS) is 32.0. The molecule has 2 aliphatic rings. The largest absolute Gasteiger partial charge is 0.355 e. The van der Waals surface area contributed by atoms with Gasteiger partial charge in [-0.15, -0.1) is 0 Å². The number of carbonyl (C=O) groups is 2. The third-order valence-electron chi connectivity index (χ3n) is 4.21. The highest BCUT2D eigenvalue weighted by molar-refractivity contribution is 5.83. The minimum atomic E-state index is -0.0379. The molecule has 1 aliphatic carbocycles. The molecular formula is C13H22N2O2. The van der Waals surface area contributed by atoms with Crippen molar-refractivity contribution in [1.82, 2.24) is 10.6 Å². The van der Waals surface area contributed by atoms with Gasteiger partial charge in [-0.2, -0.15) is 0 Å². The highest BCUT2D eigenvalue weighted by Crippen LogP contribution is 2.37. The third-order valence-corrected chi connectivity index (χ3v) is 4.21. The van der Waals surface area contributed by atoms with E-state index in [1.54, 1.807) is 0 Å². The molecular weight excluding hydrogens is 216 g/mol. The Morgan fingerprint density at radius 2 is 2.18 bits per heavy atom. The molecule has 0 bridgehead atoms. The Morgan fingerprint density at radius 1 is 1.41 bits per heavy atom. The van der Waals surface area contributed by atoms with Gasteiger partial charge in [-0.25, -0.2) is 0 Å². The lowest BCUT2D eigenvalue weighted by molar-refractivity contribution is -0.129. The van der Waals surface area contributed by atoms with E-state index >= 15 is 0 Å². The third kappa shape index (κ3) is 2.79. The van der Waals surface area contributed by atoms with E-state index in [4.69, 9.17) is 0 Å². The topological polar surface area (TPSA) is 58.2 Å². The molecule has 1 heterocycles. The number of hydrogen-bond acceptors (Lipinski definition) is 2. The summed E-state index contributed by atoms with van der Waals surface area (Å²) in [5.74, 6) is 0.143. The van der Waals surface area contributed by atoms with Gasteiger partial charge in [0, 0.05) is 19.0 Å². The summed E-state index contributed by atoms with van der Waals surface area (Å²) in [6, 6.07) is 0.299. The first-order valence-corrected chi connectivity index (χ1v) is 6.56. The van der Waals surface area contributed by atoms with Crippen molar-refractivity contribution < 1.29 is 9.59 Å². The Bertz CT molecular complexity index is 315. The van der Waals surface area contributed by atoms with Crippen LogP contribution < -0.4 is 10.6 Å². The molecule has 96 valence electrons. The summed E-state index contributed by atoms with van der Waals surface area (Å²) in [5.41, 5.74) is 0.216. The molecule has 0 radical (unpaired) electrons. The Balaban J connectivity index is 1.87. The van der Waals surface area contributed by atoms with Gasteiger partial charge in [-0.05, 0) is 24.7 Å². The summed E-state index contributed by atoms with van der Waals surface area (Å²) in [6.07, 6.45) is 4.62. The van der Waals surface area contributed by atoms with Gasteiger partial charge in [0.1, 0.15) is 0 Å². The summed E-state index contributed by atoms with van der Waals surface area (Å²) in [7, 11) is 0. The van der Waals surface area contributed by atoms with E-state index in [1.807, 2.05) is 0 Å². The van der Waals surface area contributed by atoms with Crippen LogP contribution in [0.3, 0.4) is 0 Å². The van der Waals surface area contributed by atoms with E-state index in [0.717, 1.165) is 6.42 Å².